The Kier molecular flexibility index (Phi) is 4.14. The molecule has 1 aliphatic rings. The van der Waals surface area contributed by atoms with Gasteiger partial charge >= 0.3 is 0 Å². The van der Waals surface area contributed by atoms with Crippen LogP contribution in [0.4, 0.5) is 0 Å². The lowest BCUT2D eigenvalue weighted by atomic mass is 10.0. The van der Waals surface area contributed by atoms with Crippen LogP contribution < -0.4 is 5.32 Å². The summed E-state index contributed by atoms with van der Waals surface area (Å²) >= 11 is 0. The molecule has 0 spiro atoms. The molecule has 2 atom stereocenters. The lowest BCUT2D eigenvalue weighted by molar-refractivity contribution is 0.0130. The van der Waals surface area contributed by atoms with Crippen LogP contribution in [0.3, 0.4) is 0 Å². The van der Waals surface area contributed by atoms with Crippen LogP contribution in [0, 0.1) is 0 Å². The van der Waals surface area contributed by atoms with Crippen molar-refractivity contribution in [3.8, 4) is 5.69 Å². The molecule has 1 aromatic carbocycles. The average molecular weight is 271 g/mol. The third kappa shape index (κ3) is 3.26. The molecule has 1 saturated heterocycles. The number of benzene rings is 1. The molecule has 0 aliphatic carbocycles. The monoisotopic (exact) mass is 271 g/mol. The molecule has 1 aromatic heterocycles. The number of aromatic nitrogens is 2. The molecule has 0 bridgehead atoms. The minimum Gasteiger partial charge on any atom is -0.378 e. The third-order valence-corrected chi connectivity index (χ3v) is 3.82. The zero-order valence-electron chi connectivity index (χ0n) is 11.8. The Morgan fingerprint density at radius 2 is 2.20 bits per heavy atom. The summed E-state index contributed by atoms with van der Waals surface area (Å²) in [5.74, 6) is 0. The Labute approximate surface area is 119 Å². The number of hydrogen-bond donors (Lipinski definition) is 1. The molecule has 1 fully saturated rings. The van der Waals surface area contributed by atoms with E-state index in [0.29, 0.717) is 12.1 Å². The molecule has 3 rings (SSSR count). The van der Waals surface area contributed by atoms with Gasteiger partial charge in [-0.3, -0.25) is 0 Å². The Morgan fingerprint density at radius 1 is 1.35 bits per heavy atom. The lowest BCUT2D eigenvalue weighted by Gasteiger charge is -2.28. The Morgan fingerprint density at radius 3 is 2.90 bits per heavy atom. The van der Waals surface area contributed by atoms with Crippen molar-refractivity contribution in [1.82, 2.24) is 14.9 Å². The molecule has 2 heterocycles. The fourth-order valence-electron chi connectivity index (χ4n) is 2.64. The molecule has 0 saturated carbocycles. The van der Waals surface area contributed by atoms with Crippen LogP contribution in [0.5, 0.6) is 0 Å². The average Bonchev–Trinajstić information content (AvgIpc) is 3.00. The molecule has 1 N–H and O–H groups in total. The Bertz CT molecular complexity index is 521. The van der Waals surface area contributed by atoms with Crippen LogP contribution in [0.1, 0.15) is 25.3 Å². The second-order valence-corrected chi connectivity index (χ2v) is 5.42. The number of nitrogens with one attached hydrogen (secondary N) is 1. The van der Waals surface area contributed by atoms with Gasteiger partial charge < -0.3 is 14.6 Å². The molecule has 1 aliphatic heterocycles. The molecule has 106 valence electrons. The highest BCUT2D eigenvalue weighted by Crippen LogP contribution is 2.14. The normalized spacial score (nSPS) is 22.9. The van der Waals surface area contributed by atoms with Crippen molar-refractivity contribution >= 4 is 0 Å². The fourth-order valence-corrected chi connectivity index (χ4v) is 2.64. The second kappa shape index (κ2) is 6.20. The van der Waals surface area contributed by atoms with Crippen molar-refractivity contribution < 1.29 is 4.74 Å². The molecule has 4 nitrogen and oxygen atoms in total. The van der Waals surface area contributed by atoms with E-state index in [9.17, 15) is 0 Å². The third-order valence-electron chi connectivity index (χ3n) is 3.82. The lowest BCUT2D eigenvalue weighted by Crippen LogP contribution is -2.37. The van der Waals surface area contributed by atoms with Crippen LogP contribution >= 0.6 is 0 Å². The quantitative estimate of drug-likeness (QED) is 0.928. The maximum atomic E-state index is 5.57. The highest BCUT2D eigenvalue weighted by molar-refractivity contribution is 5.34. The first-order valence-corrected chi connectivity index (χ1v) is 7.23. The molecule has 2 aromatic rings. The first-order chi connectivity index (χ1) is 9.81. The zero-order valence-corrected chi connectivity index (χ0v) is 11.8. The minimum atomic E-state index is 0.380. The van der Waals surface area contributed by atoms with Gasteiger partial charge in [-0.2, -0.15) is 0 Å². The maximum absolute atomic E-state index is 5.57. The summed E-state index contributed by atoms with van der Waals surface area (Å²) in [5, 5.41) is 3.62. The van der Waals surface area contributed by atoms with E-state index in [-0.39, 0.29) is 0 Å². The predicted octanol–water partition coefficient (Wildman–Crippen LogP) is 2.53. The fraction of sp³-hybridized carbons (Fsp3) is 0.438. The Balaban J connectivity index is 1.56. The van der Waals surface area contributed by atoms with Crippen LogP contribution in [-0.4, -0.2) is 28.3 Å². The number of nitrogens with zero attached hydrogens (tertiary/aromatic N) is 2. The topological polar surface area (TPSA) is 39.1 Å². The van der Waals surface area contributed by atoms with Gasteiger partial charge in [-0.1, -0.05) is 12.1 Å². The van der Waals surface area contributed by atoms with Gasteiger partial charge in [-0.25, -0.2) is 4.98 Å². The van der Waals surface area contributed by atoms with E-state index < -0.39 is 0 Å². The van der Waals surface area contributed by atoms with Crippen molar-refractivity contribution in [3.63, 3.8) is 0 Å². The van der Waals surface area contributed by atoms with Crippen molar-refractivity contribution in [1.29, 1.82) is 0 Å². The van der Waals surface area contributed by atoms with Crippen LogP contribution in [0.15, 0.2) is 43.0 Å². The van der Waals surface area contributed by atoms with Crippen molar-refractivity contribution in [2.45, 2.75) is 38.5 Å². The number of imidazole rings is 1. The smallest absolute Gasteiger partial charge is 0.0991 e. The minimum absolute atomic E-state index is 0.380. The van der Waals surface area contributed by atoms with Crippen molar-refractivity contribution in [2.75, 3.05) is 6.61 Å². The van der Waals surface area contributed by atoms with E-state index in [1.165, 1.54) is 5.56 Å². The van der Waals surface area contributed by atoms with Crippen LogP contribution in [0.2, 0.25) is 0 Å². The highest BCUT2D eigenvalue weighted by atomic mass is 16.5. The first kappa shape index (κ1) is 13.3. The highest BCUT2D eigenvalue weighted by Gasteiger charge is 2.18. The van der Waals surface area contributed by atoms with E-state index in [1.807, 2.05) is 17.1 Å². The molecular weight excluding hydrogens is 250 g/mol. The largest absolute Gasteiger partial charge is 0.378 e. The van der Waals surface area contributed by atoms with E-state index in [2.05, 4.69) is 41.5 Å². The van der Waals surface area contributed by atoms with Crippen molar-refractivity contribution in [2.24, 2.45) is 0 Å². The summed E-state index contributed by atoms with van der Waals surface area (Å²) in [6.45, 7) is 3.94. The summed E-state index contributed by atoms with van der Waals surface area (Å²) in [6, 6.07) is 9.18. The van der Waals surface area contributed by atoms with E-state index in [4.69, 9.17) is 4.74 Å². The van der Waals surface area contributed by atoms with E-state index >= 15 is 0 Å². The molecule has 0 amide bonds. The Hall–Kier alpha value is -1.65. The van der Waals surface area contributed by atoms with Gasteiger partial charge in [-0.15, -0.1) is 0 Å². The standard InChI is InChI=1S/C16H21N3O/c1-13-10-15(6-9-20-13)18-11-14-2-4-16(5-3-14)19-8-7-17-12-19/h2-5,7-8,12-13,15,18H,6,9-11H2,1H3. The molecular formula is C16H21N3O. The summed E-state index contributed by atoms with van der Waals surface area (Å²) in [6.07, 6.45) is 8.16. The summed E-state index contributed by atoms with van der Waals surface area (Å²) in [4.78, 5) is 4.06. The van der Waals surface area contributed by atoms with Gasteiger partial charge in [-0.05, 0) is 37.5 Å². The molecule has 4 heteroatoms. The SMILES string of the molecule is CC1CC(NCc2ccc(-n3ccnc3)cc2)CCO1. The van der Waals surface area contributed by atoms with Gasteiger partial charge in [0.25, 0.3) is 0 Å². The van der Waals surface area contributed by atoms with Gasteiger partial charge in [0.15, 0.2) is 0 Å². The van der Waals surface area contributed by atoms with Gasteiger partial charge in [0, 0.05) is 37.3 Å². The van der Waals surface area contributed by atoms with E-state index in [0.717, 1.165) is 31.7 Å². The molecule has 0 radical (unpaired) electrons. The van der Waals surface area contributed by atoms with Crippen LogP contribution in [0.25, 0.3) is 5.69 Å². The van der Waals surface area contributed by atoms with Gasteiger partial charge in [0.1, 0.15) is 0 Å². The summed E-state index contributed by atoms with van der Waals surface area (Å²) < 4.78 is 7.58. The summed E-state index contributed by atoms with van der Waals surface area (Å²) in [7, 11) is 0. The molecule has 20 heavy (non-hydrogen) atoms. The number of rotatable bonds is 4. The zero-order chi connectivity index (χ0) is 13.8. The first-order valence-electron chi connectivity index (χ1n) is 7.23. The van der Waals surface area contributed by atoms with Gasteiger partial charge in [0.05, 0.1) is 12.4 Å². The van der Waals surface area contributed by atoms with E-state index in [1.54, 1.807) is 6.20 Å². The maximum Gasteiger partial charge on any atom is 0.0991 e. The summed E-state index contributed by atoms with van der Waals surface area (Å²) in [5.41, 5.74) is 2.46. The number of hydrogen-bond acceptors (Lipinski definition) is 3. The van der Waals surface area contributed by atoms with Crippen LogP contribution in [-0.2, 0) is 11.3 Å². The predicted molar refractivity (Wildman–Crippen MR) is 78.8 cm³/mol. The second-order valence-electron chi connectivity index (χ2n) is 5.42. The number of ether oxygens (including phenoxy) is 1. The van der Waals surface area contributed by atoms with Crippen molar-refractivity contribution in [3.05, 3.63) is 48.5 Å². The van der Waals surface area contributed by atoms with Gasteiger partial charge in [0.2, 0.25) is 0 Å². The molecule has 2 unspecified atom stereocenters.